The molecule has 0 saturated carbocycles. The average molecular weight is 454 g/mol. The molecule has 0 N–H and O–H groups in total. The van der Waals surface area contributed by atoms with Gasteiger partial charge in [0.15, 0.2) is 0 Å². The maximum absolute atomic E-state index is 13.0. The zero-order valence-electron chi connectivity index (χ0n) is 15.7. The summed E-state index contributed by atoms with van der Waals surface area (Å²) in [5.41, 5.74) is 4.20. The molecule has 6 heteroatoms. The van der Waals surface area contributed by atoms with Gasteiger partial charge in [-0.15, -0.1) is 11.3 Å². The minimum Gasteiger partial charge on any atom is -0.283 e. The highest BCUT2D eigenvalue weighted by atomic mass is 79.9. The van der Waals surface area contributed by atoms with E-state index in [1.165, 1.54) is 11.1 Å². The van der Waals surface area contributed by atoms with E-state index in [4.69, 9.17) is 5.10 Å². The zero-order valence-corrected chi connectivity index (χ0v) is 18.1. The summed E-state index contributed by atoms with van der Waals surface area (Å²) >= 11 is 5.16. The normalized spacial score (nSPS) is 11.4. The van der Waals surface area contributed by atoms with Crippen LogP contribution in [0.5, 0.6) is 0 Å². The Bertz CT molecular complexity index is 1180. The number of fused-ring (bicyclic) bond motifs is 1. The lowest BCUT2D eigenvalue weighted by molar-refractivity contribution is 0.241. The number of halogens is 1. The van der Waals surface area contributed by atoms with Crippen molar-refractivity contribution in [2.24, 2.45) is 0 Å². The number of aromatic nitrogens is 2. The van der Waals surface area contributed by atoms with Gasteiger partial charge in [-0.2, -0.15) is 5.10 Å². The van der Waals surface area contributed by atoms with Crippen LogP contribution >= 0.6 is 27.3 Å². The molecule has 0 fully saturated rings. The molecule has 0 bridgehead atoms. The molecule has 0 atom stereocenters. The fourth-order valence-electron chi connectivity index (χ4n) is 3.27. The van der Waals surface area contributed by atoms with Crippen LogP contribution in [-0.4, -0.2) is 21.7 Å². The average Bonchev–Trinajstić information content (AvgIpc) is 3.09. The van der Waals surface area contributed by atoms with E-state index >= 15 is 0 Å². The van der Waals surface area contributed by atoms with Gasteiger partial charge in [0.05, 0.1) is 21.5 Å². The fourth-order valence-corrected chi connectivity index (χ4v) is 4.48. The van der Waals surface area contributed by atoms with Crippen LogP contribution < -0.4 is 5.56 Å². The molecule has 0 aliphatic heterocycles. The Balaban J connectivity index is 1.75. The first-order valence-electron chi connectivity index (χ1n) is 8.99. The topological polar surface area (TPSA) is 38.1 Å². The van der Waals surface area contributed by atoms with E-state index in [0.717, 1.165) is 27.0 Å². The highest BCUT2D eigenvalue weighted by Gasteiger charge is 2.13. The molecule has 28 heavy (non-hydrogen) atoms. The van der Waals surface area contributed by atoms with Crippen molar-refractivity contribution < 1.29 is 0 Å². The third-order valence-electron chi connectivity index (χ3n) is 4.64. The van der Waals surface area contributed by atoms with E-state index in [-0.39, 0.29) is 5.56 Å². The quantitative estimate of drug-likeness (QED) is 0.412. The van der Waals surface area contributed by atoms with Gasteiger partial charge in [-0.3, -0.25) is 9.69 Å². The van der Waals surface area contributed by atoms with Crippen molar-refractivity contribution in [1.82, 2.24) is 14.7 Å². The smallest absolute Gasteiger partial charge is 0.275 e. The number of nitrogens with zero attached hydrogens (tertiary/aromatic N) is 3. The largest absolute Gasteiger partial charge is 0.283 e. The molecule has 4 nitrogen and oxygen atoms in total. The lowest BCUT2D eigenvalue weighted by Gasteiger charge is -2.18. The van der Waals surface area contributed by atoms with Crippen molar-refractivity contribution in [1.29, 1.82) is 0 Å². The van der Waals surface area contributed by atoms with Gasteiger partial charge < -0.3 is 0 Å². The summed E-state index contributed by atoms with van der Waals surface area (Å²) in [6.45, 7) is 3.24. The molecule has 0 radical (unpaired) electrons. The highest BCUT2D eigenvalue weighted by molar-refractivity contribution is 9.11. The summed E-state index contributed by atoms with van der Waals surface area (Å²) in [7, 11) is 2.00. The minimum absolute atomic E-state index is 0.0650. The number of benzene rings is 2. The highest BCUT2D eigenvalue weighted by Crippen LogP contribution is 2.25. The van der Waals surface area contributed by atoms with Gasteiger partial charge in [-0.25, -0.2) is 4.68 Å². The second-order valence-corrected chi connectivity index (χ2v) is 9.27. The summed E-state index contributed by atoms with van der Waals surface area (Å²) in [5, 5.41) is 8.44. The number of aryl methyl sites for hydroxylation is 1. The first-order valence-corrected chi connectivity index (χ1v) is 10.7. The van der Waals surface area contributed by atoms with Gasteiger partial charge in [0.2, 0.25) is 0 Å². The molecular formula is C22H20BrN3OS. The second kappa shape index (κ2) is 7.99. The van der Waals surface area contributed by atoms with Crippen molar-refractivity contribution >= 4 is 38.0 Å². The molecule has 4 rings (SSSR count). The van der Waals surface area contributed by atoms with Crippen LogP contribution in [0.4, 0.5) is 0 Å². The molecule has 2 aromatic carbocycles. The lowest BCUT2D eigenvalue weighted by atomic mass is 10.0. The maximum atomic E-state index is 13.0. The van der Waals surface area contributed by atoms with E-state index in [2.05, 4.69) is 63.5 Å². The molecule has 4 aromatic rings. The van der Waals surface area contributed by atoms with Crippen molar-refractivity contribution in [3.8, 4) is 11.3 Å². The van der Waals surface area contributed by atoms with Gasteiger partial charge >= 0.3 is 0 Å². The van der Waals surface area contributed by atoms with Crippen LogP contribution in [0.25, 0.3) is 22.0 Å². The van der Waals surface area contributed by atoms with E-state index in [1.54, 1.807) is 16.0 Å². The number of hydrogen-bond acceptors (Lipinski definition) is 4. The summed E-state index contributed by atoms with van der Waals surface area (Å²) in [6.07, 6.45) is 0. The number of rotatable bonds is 5. The molecule has 142 valence electrons. The summed E-state index contributed by atoms with van der Waals surface area (Å²) < 4.78 is 2.68. The molecule has 2 heterocycles. The van der Waals surface area contributed by atoms with E-state index < -0.39 is 0 Å². The number of thiophene rings is 1. The Hall–Kier alpha value is -2.28. The van der Waals surface area contributed by atoms with Crippen LogP contribution in [0.15, 0.2) is 68.6 Å². The van der Waals surface area contributed by atoms with Crippen molar-refractivity contribution in [3.05, 3.63) is 85.2 Å². The Morgan fingerprint density at radius 1 is 1.11 bits per heavy atom. The van der Waals surface area contributed by atoms with Gasteiger partial charge in [-0.1, -0.05) is 48.0 Å². The third-order valence-corrected chi connectivity index (χ3v) is 6.20. The van der Waals surface area contributed by atoms with Gasteiger partial charge in [-0.05, 0) is 53.0 Å². The maximum Gasteiger partial charge on any atom is 0.275 e. The molecule has 0 aliphatic rings. The number of hydrogen-bond donors (Lipinski definition) is 0. The molecule has 0 saturated heterocycles. The monoisotopic (exact) mass is 453 g/mol. The van der Waals surface area contributed by atoms with Gasteiger partial charge in [0.25, 0.3) is 5.56 Å². The first-order chi connectivity index (χ1) is 13.5. The SMILES string of the molecule is Cc1ccc(-c2nn(CN(C)Cc3csc(Br)c3)c(=O)c3ccccc23)cc1. The second-order valence-electron chi connectivity index (χ2n) is 6.98. The first kappa shape index (κ1) is 19.1. The van der Waals surface area contributed by atoms with Crippen LogP contribution in [0.2, 0.25) is 0 Å². The van der Waals surface area contributed by atoms with Crippen LogP contribution in [0, 0.1) is 6.92 Å². The molecule has 2 aromatic heterocycles. The third kappa shape index (κ3) is 3.94. The molecule has 0 unspecified atom stereocenters. The van der Waals surface area contributed by atoms with Crippen molar-refractivity contribution in [2.45, 2.75) is 20.1 Å². The van der Waals surface area contributed by atoms with Gasteiger partial charge in [0.1, 0.15) is 0 Å². The Morgan fingerprint density at radius 3 is 2.50 bits per heavy atom. The molecular weight excluding hydrogens is 434 g/mol. The Morgan fingerprint density at radius 2 is 1.82 bits per heavy atom. The van der Waals surface area contributed by atoms with E-state index in [0.29, 0.717) is 12.1 Å². The summed E-state index contributed by atoms with van der Waals surface area (Å²) in [6, 6.07) is 18.1. The van der Waals surface area contributed by atoms with Crippen LogP contribution in [0.1, 0.15) is 11.1 Å². The fraction of sp³-hybridized carbons (Fsp3) is 0.182. The summed E-state index contributed by atoms with van der Waals surface area (Å²) in [4.78, 5) is 15.1. The van der Waals surface area contributed by atoms with Crippen LogP contribution in [-0.2, 0) is 13.2 Å². The van der Waals surface area contributed by atoms with E-state index in [9.17, 15) is 4.79 Å². The summed E-state index contributed by atoms with van der Waals surface area (Å²) in [5.74, 6) is 0. The van der Waals surface area contributed by atoms with Crippen molar-refractivity contribution in [3.63, 3.8) is 0 Å². The van der Waals surface area contributed by atoms with Gasteiger partial charge in [0, 0.05) is 17.5 Å². The predicted octanol–water partition coefficient (Wildman–Crippen LogP) is 5.29. The lowest BCUT2D eigenvalue weighted by Crippen LogP contribution is -2.31. The molecule has 0 amide bonds. The van der Waals surface area contributed by atoms with Crippen molar-refractivity contribution in [2.75, 3.05) is 7.05 Å². The van der Waals surface area contributed by atoms with Crippen LogP contribution in [0.3, 0.4) is 0 Å². The van der Waals surface area contributed by atoms with E-state index in [1.807, 2.05) is 31.3 Å². The predicted molar refractivity (Wildman–Crippen MR) is 120 cm³/mol. The Labute approximate surface area is 176 Å². The zero-order chi connectivity index (χ0) is 19.7. The molecule has 0 aliphatic carbocycles. The molecule has 0 spiro atoms. The standard InChI is InChI=1S/C22H20BrN3OS/c1-15-7-9-17(10-8-15)21-18-5-3-4-6-19(18)22(27)26(24-21)14-25(2)12-16-11-20(23)28-13-16/h3-11,13H,12,14H2,1-2H3. The Kier molecular flexibility index (Phi) is 5.44. The minimum atomic E-state index is -0.0650.